The Kier molecular flexibility index (Phi) is 1.86. The molecule has 0 aromatic carbocycles. The summed E-state index contributed by atoms with van der Waals surface area (Å²) in [6, 6.07) is 0. The molecule has 0 amide bonds. The minimum atomic E-state index is -0.199. The fourth-order valence-corrected chi connectivity index (χ4v) is 2.30. The monoisotopic (exact) mass is 185 g/mol. The molecule has 5 heteroatoms. The third-order valence-electron chi connectivity index (χ3n) is 2.55. The van der Waals surface area contributed by atoms with E-state index >= 15 is 0 Å². The Morgan fingerprint density at radius 2 is 2.50 bits per heavy atom. The van der Waals surface area contributed by atoms with Crippen molar-refractivity contribution in [2.24, 2.45) is 5.73 Å². The smallest absolute Gasteiger partial charge is 0.0831 e. The van der Waals surface area contributed by atoms with Crippen LogP contribution in [0.4, 0.5) is 0 Å². The van der Waals surface area contributed by atoms with Crippen LogP contribution in [0.5, 0.6) is 0 Å². The molecule has 0 unspecified atom stereocenters. The molecule has 3 N–H and O–H groups in total. The summed E-state index contributed by atoms with van der Waals surface area (Å²) in [5.41, 5.74) is 6.52. The van der Waals surface area contributed by atoms with Crippen LogP contribution in [0.2, 0.25) is 0 Å². The molecular weight excluding hydrogens is 174 g/mol. The molecule has 2 rings (SSSR count). The molecule has 66 valence electrons. The van der Waals surface area contributed by atoms with Crippen LogP contribution in [-0.2, 0) is 5.41 Å². The van der Waals surface area contributed by atoms with E-state index in [-0.39, 0.29) is 11.5 Å². The Labute approximate surface area is 74.6 Å². The molecule has 1 saturated carbocycles. The van der Waals surface area contributed by atoms with E-state index in [2.05, 4.69) is 9.59 Å². The number of rotatable bonds is 2. The van der Waals surface area contributed by atoms with Gasteiger partial charge in [-0.15, -0.1) is 5.10 Å². The van der Waals surface area contributed by atoms with Crippen molar-refractivity contribution >= 4 is 11.5 Å². The average Bonchev–Trinajstić information content (AvgIpc) is 2.50. The van der Waals surface area contributed by atoms with Gasteiger partial charge in [-0.05, 0) is 24.4 Å². The predicted octanol–water partition coefficient (Wildman–Crippen LogP) is -0.111. The summed E-state index contributed by atoms with van der Waals surface area (Å²) in [6.45, 7) is 0.551. The van der Waals surface area contributed by atoms with Crippen molar-refractivity contribution in [2.75, 3.05) is 6.54 Å². The van der Waals surface area contributed by atoms with Gasteiger partial charge in [0.15, 0.2) is 0 Å². The van der Waals surface area contributed by atoms with Crippen LogP contribution in [0.3, 0.4) is 0 Å². The van der Waals surface area contributed by atoms with Crippen molar-refractivity contribution in [3.63, 3.8) is 0 Å². The molecule has 0 bridgehead atoms. The minimum Gasteiger partial charge on any atom is -0.393 e. The number of aliphatic hydroxyl groups excluding tert-OH is 1. The molecule has 0 radical (unpaired) electrons. The van der Waals surface area contributed by atoms with Crippen molar-refractivity contribution in [3.05, 3.63) is 11.1 Å². The quantitative estimate of drug-likeness (QED) is 0.674. The largest absolute Gasteiger partial charge is 0.393 e. The van der Waals surface area contributed by atoms with Crippen molar-refractivity contribution in [2.45, 2.75) is 24.4 Å². The van der Waals surface area contributed by atoms with E-state index in [1.807, 2.05) is 5.38 Å². The van der Waals surface area contributed by atoms with Crippen molar-refractivity contribution in [3.8, 4) is 0 Å². The fraction of sp³-hybridized carbons (Fsp3) is 0.714. The molecule has 12 heavy (non-hydrogen) atoms. The van der Waals surface area contributed by atoms with Crippen LogP contribution in [0, 0.1) is 0 Å². The average molecular weight is 185 g/mol. The van der Waals surface area contributed by atoms with Gasteiger partial charge in [0.25, 0.3) is 0 Å². The van der Waals surface area contributed by atoms with E-state index < -0.39 is 0 Å². The molecule has 0 aliphatic heterocycles. The zero-order valence-corrected chi connectivity index (χ0v) is 7.42. The van der Waals surface area contributed by atoms with Gasteiger partial charge in [0.1, 0.15) is 0 Å². The lowest BCUT2D eigenvalue weighted by Crippen LogP contribution is -2.50. The number of nitrogens with two attached hydrogens (primary N) is 1. The first-order valence-electron chi connectivity index (χ1n) is 3.92. The number of hydrogen-bond acceptors (Lipinski definition) is 5. The van der Waals surface area contributed by atoms with Crippen molar-refractivity contribution in [1.29, 1.82) is 0 Å². The zero-order chi connectivity index (χ0) is 8.60. The standard InChI is InChI=1S/C7H11N3OS/c8-4-7(1-5(11)2-7)6-3-12-10-9-6/h3,5,11H,1-2,4,8H2. The first-order chi connectivity index (χ1) is 5.77. The summed E-state index contributed by atoms with van der Waals surface area (Å²) in [4.78, 5) is 0. The first kappa shape index (κ1) is 8.10. The molecule has 0 atom stereocenters. The van der Waals surface area contributed by atoms with Gasteiger partial charge in [-0.25, -0.2) is 0 Å². The zero-order valence-electron chi connectivity index (χ0n) is 6.60. The van der Waals surface area contributed by atoms with Crippen LogP contribution in [0.1, 0.15) is 18.5 Å². The van der Waals surface area contributed by atoms with E-state index in [0.29, 0.717) is 6.54 Å². The van der Waals surface area contributed by atoms with Crippen LogP contribution in [0.15, 0.2) is 5.38 Å². The summed E-state index contributed by atoms with van der Waals surface area (Å²) in [7, 11) is 0. The van der Waals surface area contributed by atoms with Gasteiger partial charge in [0, 0.05) is 17.3 Å². The first-order valence-corrected chi connectivity index (χ1v) is 4.76. The number of aromatic nitrogens is 2. The predicted molar refractivity (Wildman–Crippen MR) is 45.9 cm³/mol. The molecule has 1 aromatic heterocycles. The van der Waals surface area contributed by atoms with Crippen LogP contribution in [0.25, 0.3) is 0 Å². The summed E-state index contributed by atoms with van der Waals surface area (Å²) in [5, 5.41) is 15.1. The molecule has 0 saturated heterocycles. The van der Waals surface area contributed by atoms with E-state index in [1.165, 1.54) is 11.5 Å². The van der Waals surface area contributed by atoms with E-state index in [9.17, 15) is 5.11 Å². The van der Waals surface area contributed by atoms with Crippen LogP contribution in [-0.4, -0.2) is 27.3 Å². The molecular formula is C7H11N3OS. The Balaban J connectivity index is 2.20. The second-order valence-electron chi connectivity index (χ2n) is 3.34. The summed E-state index contributed by atoms with van der Waals surface area (Å²) < 4.78 is 3.80. The lowest BCUT2D eigenvalue weighted by molar-refractivity contribution is 0.0201. The maximum absolute atomic E-state index is 9.21. The summed E-state index contributed by atoms with van der Waals surface area (Å²) in [6.07, 6.45) is 1.26. The Bertz CT molecular complexity index is 256. The maximum atomic E-state index is 9.21. The number of hydrogen-bond donors (Lipinski definition) is 2. The third-order valence-corrected chi connectivity index (χ3v) is 3.05. The molecule has 0 spiro atoms. The second-order valence-corrected chi connectivity index (χ2v) is 3.95. The number of aliphatic hydroxyl groups is 1. The summed E-state index contributed by atoms with van der Waals surface area (Å²) in [5.74, 6) is 0. The van der Waals surface area contributed by atoms with E-state index in [0.717, 1.165) is 18.5 Å². The highest BCUT2D eigenvalue weighted by molar-refractivity contribution is 7.03. The lowest BCUT2D eigenvalue weighted by atomic mass is 9.65. The van der Waals surface area contributed by atoms with Gasteiger partial charge in [0.05, 0.1) is 11.8 Å². The van der Waals surface area contributed by atoms with Crippen LogP contribution < -0.4 is 5.73 Å². The van der Waals surface area contributed by atoms with Gasteiger partial charge in [-0.3, -0.25) is 0 Å². The number of nitrogens with zero attached hydrogens (tertiary/aromatic N) is 2. The van der Waals surface area contributed by atoms with Gasteiger partial charge >= 0.3 is 0 Å². The Morgan fingerprint density at radius 3 is 2.92 bits per heavy atom. The van der Waals surface area contributed by atoms with Gasteiger partial charge in [0.2, 0.25) is 0 Å². The fourth-order valence-electron chi connectivity index (χ4n) is 1.72. The molecule has 4 nitrogen and oxygen atoms in total. The maximum Gasteiger partial charge on any atom is 0.0831 e. The lowest BCUT2D eigenvalue weighted by Gasteiger charge is -2.43. The molecule has 1 heterocycles. The molecule has 1 fully saturated rings. The topological polar surface area (TPSA) is 72.0 Å². The second kappa shape index (κ2) is 2.76. The van der Waals surface area contributed by atoms with Gasteiger partial charge in [-0.1, -0.05) is 4.49 Å². The molecule has 1 aliphatic rings. The minimum absolute atomic E-state index is 0.0770. The highest BCUT2D eigenvalue weighted by Crippen LogP contribution is 2.42. The van der Waals surface area contributed by atoms with E-state index in [1.54, 1.807) is 0 Å². The van der Waals surface area contributed by atoms with Crippen molar-refractivity contribution in [1.82, 2.24) is 9.59 Å². The summed E-state index contributed by atoms with van der Waals surface area (Å²) >= 11 is 1.33. The Hall–Kier alpha value is -0.520. The van der Waals surface area contributed by atoms with Crippen molar-refractivity contribution < 1.29 is 5.11 Å². The Morgan fingerprint density at radius 1 is 1.75 bits per heavy atom. The normalized spacial score (nSPS) is 34.7. The van der Waals surface area contributed by atoms with Crippen LogP contribution >= 0.6 is 11.5 Å². The van der Waals surface area contributed by atoms with Gasteiger partial charge < -0.3 is 10.8 Å². The molecule has 1 aliphatic carbocycles. The van der Waals surface area contributed by atoms with Gasteiger partial charge in [-0.2, -0.15) is 0 Å². The molecule has 1 aromatic rings. The highest BCUT2D eigenvalue weighted by atomic mass is 32.1. The highest BCUT2D eigenvalue weighted by Gasteiger charge is 2.45. The SMILES string of the molecule is NCC1(c2csnn2)CC(O)C1. The van der Waals surface area contributed by atoms with E-state index in [4.69, 9.17) is 5.73 Å². The third kappa shape index (κ3) is 1.05.